The quantitative estimate of drug-likeness (QED) is 0.315. The summed E-state index contributed by atoms with van der Waals surface area (Å²) in [5, 5.41) is 12.0. The molecule has 0 spiro atoms. The highest BCUT2D eigenvalue weighted by Crippen LogP contribution is 2.29. The van der Waals surface area contributed by atoms with E-state index < -0.39 is 17.8 Å². The number of aromatic carboxylic acids is 1. The van der Waals surface area contributed by atoms with E-state index in [0.29, 0.717) is 16.9 Å². The first-order valence-corrected chi connectivity index (χ1v) is 11.1. The van der Waals surface area contributed by atoms with E-state index in [1.807, 2.05) is 43.5 Å². The van der Waals surface area contributed by atoms with Gasteiger partial charge >= 0.3 is 5.97 Å². The zero-order chi connectivity index (χ0) is 24.7. The summed E-state index contributed by atoms with van der Waals surface area (Å²) in [6.45, 7) is 5.57. The molecule has 0 atom stereocenters. The summed E-state index contributed by atoms with van der Waals surface area (Å²) in [4.78, 5) is 38.7. The Balaban J connectivity index is 1.77. The molecule has 0 unspecified atom stereocenters. The molecule has 2 amide bonds. The van der Waals surface area contributed by atoms with Crippen molar-refractivity contribution in [2.45, 2.75) is 20.8 Å². The third-order valence-corrected chi connectivity index (χ3v) is 6.27. The number of aryl methyl sites for hydroxylation is 2. The number of carboxylic acids is 1. The molecule has 0 saturated carbocycles. The number of hydrogen-bond acceptors (Lipinski definition) is 4. The van der Waals surface area contributed by atoms with Crippen LogP contribution in [0.3, 0.4) is 0 Å². The first kappa shape index (κ1) is 23.4. The average Bonchev–Trinajstić information content (AvgIpc) is 3.04. The van der Waals surface area contributed by atoms with Crippen molar-refractivity contribution in [1.82, 2.24) is 9.88 Å². The van der Waals surface area contributed by atoms with Gasteiger partial charge in [-0.25, -0.2) is 4.79 Å². The maximum absolute atomic E-state index is 13.4. The summed E-state index contributed by atoms with van der Waals surface area (Å²) in [5.41, 5.74) is 4.29. The monoisotopic (exact) mass is 493 g/mol. The van der Waals surface area contributed by atoms with Gasteiger partial charge in [0.25, 0.3) is 11.8 Å². The van der Waals surface area contributed by atoms with Crippen LogP contribution in [-0.4, -0.2) is 32.6 Å². The van der Waals surface area contributed by atoms with Crippen molar-refractivity contribution in [1.29, 1.82) is 0 Å². The third kappa shape index (κ3) is 4.02. The summed E-state index contributed by atoms with van der Waals surface area (Å²) < 4.78 is 1.87. The van der Waals surface area contributed by atoms with Crippen LogP contribution in [0.2, 0.25) is 5.02 Å². The largest absolute Gasteiger partial charge is 0.478 e. The Bertz CT molecular complexity index is 1420. The summed E-state index contributed by atoms with van der Waals surface area (Å²) in [7, 11) is 0. The van der Waals surface area contributed by atoms with E-state index in [1.54, 1.807) is 24.3 Å². The Kier molecular flexibility index (Phi) is 6.12. The van der Waals surface area contributed by atoms with E-state index in [9.17, 15) is 19.5 Å². The van der Waals surface area contributed by atoms with Gasteiger partial charge in [-0.05, 0) is 80.5 Å². The number of thiocarbonyl (C=S) groups is 1. The van der Waals surface area contributed by atoms with Crippen LogP contribution >= 0.6 is 23.8 Å². The fourth-order valence-electron chi connectivity index (χ4n) is 3.99. The van der Waals surface area contributed by atoms with Gasteiger partial charge in [0, 0.05) is 17.1 Å². The van der Waals surface area contributed by atoms with Crippen molar-refractivity contribution in [3.05, 3.63) is 87.2 Å². The number of carbonyl (C=O) groups is 3. The fourth-order valence-corrected chi connectivity index (χ4v) is 4.52. The number of carboxylic acid groups (broad SMARTS) is 1. The minimum atomic E-state index is -1.11. The number of benzene rings is 2. The predicted octanol–water partition coefficient (Wildman–Crippen LogP) is 4.59. The van der Waals surface area contributed by atoms with Gasteiger partial charge in [0.15, 0.2) is 5.11 Å². The SMILES string of the molecule is Cc1ccccc1N1C(=O)/C(=C/c2cc(C)n(-c3ccc(C(=O)O)c(Cl)c3)c2C)C(=O)NC1=S. The molecule has 34 heavy (non-hydrogen) atoms. The van der Waals surface area contributed by atoms with E-state index in [2.05, 4.69) is 5.32 Å². The Labute approximate surface area is 206 Å². The van der Waals surface area contributed by atoms with Gasteiger partial charge in [0.05, 0.1) is 16.3 Å². The van der Waals surface area contributed by atoms with E-state index >= 15 is 0 Å². The highest BCUT2D eigenvalue weighted by molar-refractivity contribution is 7.80. The minimum absolute atomic E-state index is 0.00644. The highest BCUT2D eigenvalue weighted by atomic mass is 35.5. The standard InChI is InChI=1S/C25H20ClN3O4S/c1-13-6-4-5-7-21(13)29-23(31)19(22(30)27-25(29)34)11-16-10-14(2)28(15(16)3)17-8-9-18(24(32)33)20(26)12-17/h4-12H,1-3H3,(H,32,33)(H,27,30,34)/b19-11+. The van der Waals surface area contributed by atoms with E-state index in [1.165, 1.54) is 17.0 Å². The average molecular weight is 494 g/mol. The van der Waals surface area contributed by atoms with Crippen LogP contribution in [0.1, 0.15) is 32.9 Å². The van der Waals surface area contributed by atoms with Gasteiger partial charge < -0.3 is 9.67 Å². The molecular weight excluding hydrogens is 474 g/mol. The number of halogens is 1. The zero-order valence-corrected chi connectivity index (χ0v) is 20.1. The lowest BCUT2D eigenvalue weighted by Crippen LogP contribution is -2.54. The first-order chi connectivity index (χ1) is 16.1. The molecule has 2 aromatic carbocycles. The lowest BCUT2D eigenvalue weighted by atomic mass is 10.1. The number of nitrogens with one attached hydrogen (secondary N) is 1. The summed E-state index contributed by atoms with van der Waals surface area (Å²) in [5.74, 6) is -2.19. The van der Waals surface area contributed by atoms with E-state index in [0.717, 1.165) is 17.0 Å². The lowest BCUT2D eigenvalue weighted by Gasteiger charge is -2.30. The maximum Gasteiger partial charge on any atom is 0.337 e. The Morgan fingerprint density at radius 1 is 1.09 bits per heavy atom. The maximum atomic E-state index is 13.4. The zero-order valence-electron chi connectivity index (χ0n) is 18.5. The molecule has 172 valence electrons. The molecule has 9 heteroatoms. The van der Waals surface area contributed by atoms with Crippen molar-refractivity contribution in [2.24, 2.45) is 0 Å². The van der Waals surface area contributed by atoms with Gasteiger partial charge in [0.1, 0.15) is 5.57 Å². The number of aromatic nitrogens is 1. The molecule has 2 heterocycles. The van der Waals surface area contributed by atoms with Crippen molar-refractivity contribution in [3.8, 4) is 5.69 Å². The second-order valence-electron chi connectivity index (χ2n) is 7.88. The number of rotatable bonds is 4. The van der Waals surface area contributed by atoms with Crippen molar-refractivity contribution in [2.75, 3.05) is 4.90 Å². The van der Waals surface area contributed by atoms with Crippen LogP contribution in [0.4, 0.5) is 5.69 Å². The molecule has 1 aromatic heterocycles. The van der Waals surface area contributed by atoms with Crippen LogP contribution in [0.5, 0.6) is 0 Å². The Morgan fingerprint density at radius 2 is 1.79 bits per heavy atom. The first-order valence-electron chi connectivity index (χ1n) is 10.3. The number of nitrogens with zero attached hydrogens (tertiary/aromatic N) is 2. The second kappa shape index (κ2) is 8.89. The Morgan fingerprint density at radius 3 is 2.44 bits per heavy atom. The number of hydrogen-bond donors (Lipinski definition) is 2. The molecule has 1 aliphatic heterocycles. The van der Waals surface area contributed by atoms with E-state index in [-0.39, 0.29) is 21.3 Å². The molecule has 0 aliphatic carbocycles. The van der Waals surface area contributed by atoms with Crippen LogP contribution in [0, 0.1) is 20.8 Å². The molecule has 3 aromatic rings. The van der Waals surface area contributed by atoms with Crippen LogP contribution in [0.15, 0.2) is 54.1 Å². The number of anilines is 1. The second-order valence-corrected chi connectivity index (χ2v) is 8.67. The van der Waals surface area contributed by atoms with Crippen molar-refractivity contribution < 1.29 is 19.5 Å². The molecule has 1 fully saturated rings. The smallest absolute Gasteiger partial charge is 0.337 e. The predicted molar refractivity (Wildman–Crippen MR) is 135 cm³/mol. The molecule has 4 rings (SSSR count). The van der Waals surface area contributed by atoms with Gasteiger partial charge in [-0.3, -0.25) is 19.8 Å². The van der Waals surface area contributed by atoms with E-state index in [4.69, 9.17) is 23.8 Å². The lowest BCUT2D eigenvalue weighted by molar-refractivity contribution is -0.122. The topological polar surface area (TPSA) is 91.6 Å². The van der Waals surface area contributed by atoms with Crippen LogP contribution in [-0.2, 0) is 9.59 Å². The fraction of sp³-hybridized carbons (Fsp3) is 0.120. The molecule has 7 nitrogen and oxygen atoms in total. The minimum Gasteiger partial charge on any atom is -0.478 e. The van der Waals surface area contributed by atoms with Gasteiger partial charge in [0.2, 0.25) is 0 Å². The van der Waals surface area contributed by atoms with Crippen LogP contribution < -0.4 is 10.2 Å². The molecule has 0 radical (unpaired) electrons. The summed E-state index contributed by atoms with van der Waals surface area (Å²) in [6.07, 6.45) is 1.54. The molecule has 1 aliphatic rings. The number of para-hydroxylation sites is 1. The van der Waals surface area contributed by atoms with Gasteiger partial charge in [-0.15, -0.1) is 0 Å². The van der Waals surface area contributed by atoms with Crippen LogP contribution in [0.25, 0.3) is 11.8 Å². The highest BCUT2D eigenvalue weighted by Gasteiger charge is 2.35. The number of carbonyl (C=O) groups excluding carboxylic acids is 2. The molecule has 2 N–H and O–H groups in total. The summed E-state index contributed by atoms with van der Waals surface area (Å²) in [6, 6.07) is 13.8. The van der Waals surface area contributed by atoms with Gasteiger partial charge in [-0.2, -0.15) is 0 Å². The number of amides is 2. The molecule has 1 saturated heterocycles. The van der Waals surface area contributed by atoms with Gasteiger partial charge in [-0.1, -0.05) is 29.8 Å². The normalized spacial score (nSPS) is 15.1. The Hall–Kier alpha value is -3.75. The third-order valence-electron chi connectivity index (χ3n) is 5.67. The molecule has 0 bridgehead atoms. The summed E-state index contributed by atoms with van der Waals surface area (Å²) >= 11 is 11.4. The molecular formula is C25H20ClN3O4S. The van der Waals surface area contributed by atoms with Crippen molar-refractivity contribution in [3.63, 3.8) is 0 Å². The van der Waals surface area contributed by atoms with Crippen molar-refractivity contribution >= 4 is 58.5 Å².